The van der Waals surface area contributed by atoms with Gasteiger partial charge in [-0.15, -0.1) is 0 Å². The fourth-order valence-electron chi connectivity index (χ4n) is 0.768. The number of aryl methyl sites for hydroxylation is 1. The van der Waals surface area contributed by atoms with Crippen molar-refractivity contribution < 1.29 is 5.11 Å². The first-order chi connectivity index (χ1) is 5.27. The number of aliphatic hydroxyl groups is 1. The number of aromatic nitrogens is 2. The monoisotopic (exact) mass is 153 g/mol. The summed E-state index contributed by atoms with van der Waals surface area (Å²) >= 11 is 0. The maximum Gasteiger partial charge on any atom is 0.222 e. The van der Waals surface area contributed by atoms with E-state index >= 15 is 0 Å². The molecule has 0 saturated heterocycles. The second-order valence-corrected chi connectivity index (χ2v) is 2.21. The molecule has 0 radical (unpaired) electrons. The van der Waals surface area contributed by atoms with Gasteiger partial charge in [0.1, 0.15) is 0 Å². The molecule has 1 aromatic heterocycles. The first-order valence-electron chi connectivity index (χ1n) is 3.39. The Morgan fingerprint density at radius 1 is 1.64 bits per heavy atom. The minimum Gasteiger partial charge on any atom is -0.392 e. The molecule has 0 aliphatic rings. The highest BCUT2D eigenvalue weighted by Crippen LogP contribution is 2.05. The maximum absolute atomic E-state index is 8.78. The third kappa shape index (κ3) is 1.65. The summed E-state index contributed by atoms with van der Waals surface area (Å²) in [4.78, 5) is 8.03. The van der Waals surface area contributed by atoms with Crippen LogP contribution in [0.15, 0.2) is 6.20 Å². The van der Waals surface area contributed by atoms with Gasteiger partial charge in [-0.3, -0.25) is 0 Å². The Morgan fingerprint density at radius 2 is 2.36 bits per heavy atom. The summed E-state index contributed by atoms with van der Waals surface area (Å²) in [6.45, 7) is 1.84. The summed E-state index contributed by atoms with van der Waals surface area (Å²) in [7, 11) is 1.76. The van der Waals surface area contributed by atoms with Gasteiger partial charge in [0, 0.05) is 24.5 Å². The second kappa shape index (κ2) is 3.30. The molecule has 0 aliphatic carbocycles. The number of nitrogens with zero attached hydrogens (tertiary/aromatic N) is 2. The Bertz CT molecular complexity index is 249. The van der Waals surface area contributed by atoms with E-state index < -0.39 is 0 Å². The van der Waals surface area contributed by atoms with E-state index in [1.165, 1.54) is 0 Å². The maximum atomic E-state index is 8.78. The van der Waals surface area contributed by atoms with Gasteiger partial charge in [-0.05, 0) is 6.92 Å². The van der Waals surface area contributed by atoms with Gasteiger partial charge >= 0.3 is 0 Å². The third-order valence-corrected chi connectivity index (χ3v) is 1.47. The van der Waals surface area contributed by atoms with Gasteiger partial charge in [0.2, 0.25) is 5.95 Å². The fourth-order valence-corrected chi connectivity index (χ4v) is 0.768. The number of nitrogens with one attached hydrogen (secondary N) is 1. The van der Waals surface area contributed by atoms with Crippen molar-refractivity contribution >= 4 is 5.95 Å². The van der Waals surface area contributed by atoms with E-state index in [1.54, 1.807) is 13.2 Å². The van der Waals surface area contributed by atoms with Crippen molar-refractivity contribution in [2.75, 3.05) is 12.4 Å². The molecule has 0 amide bonds. The highest BCUT2D eigenvalue weighted by Gasteiger charge is 1.99. The van der Waals surface area contributed by atoms with Crippen molar-refractivity contribution in [2.24, 2.45) is 0 Å². The number of hydrogen-bond acceptors (Lipinski definition) is 4. The predicted molar refractivity (Wildman–Crippen MR) is 42.2 cm³/mol. The summed E-state index contributed by atoms with van der Waals surface area (Å²) < 4.78 is 0. The predicted octanol–water partition coefficient (Wildman–Crippen LogP) is 0.319. The van der Waals surface area contributed by atoms with Crippen molar-refractivity contribution in [1.29, 1.82) is 0 Å². The van der Waals surface area contributed by atoms with Crippen LogP contribution in [0.2, 0.25) is 0 Å². The summed E-state index contributed by atoms with van der Waals surface area (Å²) in [6.07, 6.45) is 1.62. The molecule has 0 aliphatic heterocycles. The minimum absolute atomic E-state index is 0.00414. The van der Waals surface area contributed by atoms with Crippen LogP contribution in [0.4, 0.5) is 5.95 Å². The number of anilines is 1. The minimum atomic E-state index is -0.00414. The average Bonchev–Trinajstić information content (AvgIpc) is 2.04. The zero-order chi connectivity index (χ0) is 8.27. The molecule has 1 heterocycles. The summed E-state index contributed by atoms with van der Waals surface area (Å²) in [5.74, 6) is 0.583. The van der Waals surface area contributed by atoms with E-state index in [4.69, 9.17) is 5.11 Å². The van der Waals surface area contributed by atoms with Crippen LogP contribution in [-0.4, -0.2) is 22.1 Å². The van der Waals surface area contributed by atoms with Gasteiger partial charge < -0.3 is 10.4 Å². The molecule has 4 heteroatoms. The molecule has 0 aromatic carbocycles. The topological polar surface area (TPSA) is 58.0 Å². The molecule has 0 atom stereocenters. The van der Waals surface area contributed by atoms with Gasteiger partial charge in [-0.2, -0.15) is 0 Å². The van der Waals surface area contributed by atoms with Crippen LogP contribution in [0.25, 0.3) is 0 Å². The summed E-state index contributed by atoms with van der Waals surface area (Å²) in [5, 5.41) is 11.6. The zero-order valence-corrected chi connectivity index (χ0v) is 6.63. The Kier molecular flexibility index (Phi) is 2.38. The van der Waals surface area contributed by atoms with Crippen LogP contribution in [0.5, 0.6) is 0 Å². The molecule has 0 bridgehead atoms. The molecule has 0 saturated carbocycles. The third-order valence-electron chi connectivity index (χ3n) is 1.47. The standard InChI is InChI=1S/C7H11N3O/c1-5-6(4-11)3-9-7(8-2)10-5/h3,11H,4H2,1-2H3,(H,8,9,10). The van der Waals surface area contributed by atoms with Crippen molar-refractivity contribution in [3.05, 3.63) is 17.5 Å². The molecule has 0 spiro atoms. The lowest BCUT2D eigenvalue weighted by atomic mass is 10.3. The van der Waals surface area contributed by atoms with E-state index in [1.807, 2.05) is 6.92 Å². The van der Waals surface area contributed by atoms with Crippen LogP contribution >= 0.6 is 0 Å². The van der Waals surface area contributed by atoms with Crippen LogP contribution < -0.4 is 5.32 Å². The van der Waals surface area contributed by atoms with E-state index in [-0.39, 0.29) is 6.61 Å². The smallest absolute Gasteiger partial charge is 0.222 e. The normalized spacial score (nSPS) is 9.73. The van der Waals surface area contributed by atoms with Crippen LogP contribution in [0.3, 0.4) is 0 Å². The van der Waals surface area contributed by atoms with Gasteiger partial charge in [-0.25, -0.2) is 9.97 Å². The first kappa shape index (κ1) is 7.94. The van der Waals surface area contributed by atoms with Gasteiger partial charge in [0.05, 0.1) is 6.61 Å². The van der Waals surface area contributed by atoms with E-state index in [2.05, 4.69) is 15.3 Å². The van der Waals surface area contributed by atoms with Crippen molar-refractivity contribution in [1.82, 2.24) is 9.97 Å². The van der Waals surface area contributed by atoms with Crippen molar-refractivity contribution in [3.63, 3.8) is 0 Å². The molecular formula is C7H11N3O. The molecule has 1 rings (SSSR count). The van der Waals surface area contributed by atoms with Crippen molar-refractivity contribution in [2.45, 2.75) is 13.5 Å². The molecule has 0 unspecified atom stereocenters. The zero-order valence-electron chi connectivity index (χ0n) is 6.63. The Labute approximate surface area is 65.3 Å². The fraction of sp³-hybridized carbons (Fsp3) is 0.429. The molecule has 2 N–H and O–H groups in total. The van der Waals surface area contributed by atoms with Gasteiger partial charge in [-0.1, -0.05) is 0 Å². The molecule has 11 heavy (non-hydrogen) atoms. The Balaban J connectivity index is 2.99. The van der Waals surface area contributed by atoms with Gasteiger partial charge in [0.25, 0.3) is 0 Å². The van der Waals surface area contributed by atoms with E-state index in [9.17, 15) is 0 Å². The number of aliphatic hydroxyl groups excluding tert-OH is 1. The van der Waals surface area contributed by atoms with Crippen LogP contribution in [0.1, 0.15) is 11.3 Å². The number of rotatable bonds is 2. The second-order valence-electron chi connectivity index (χ2n) is 2.21. The largest absolute Gasteiger partial charge is 0.392 e. The lowest BCUT2D eigenvalue weighted by Gasteiger charge is -2.02. The molecular weight excluding hydrogens is 142 g/mol. The van der Waals surface area contributed by atoms with Gasteiger partial charge in [0.15, 0.2) is 0 Å². The molecule has 1 aromatic rings. The quantitative estimate of drug-likeness (QED) is 0.642. The lowest BCUT2D eigenvalue weighted by molar-refractivity contribution is 0.280. The Morgan fingerprint density at radius 3 is 2.82 bits per heavy atom. The SMILES string of the molecule is CNc1ncc(CO)c(C)n1. The summed E-state index contributed by atoms with van der Waals surface area (Å²) in [6, 6.07) is 0. The molecule has 0 fully saturated rings. The van der Waals surface area contributed by atoms with E-state index in [0.717, 1.165) is 11.3 Å². The van der Waals surface area contributed by atoms with Crippen LogP contribution in [0, 0.1) is 6.92 Å². The number of hydrogen-bond donors (Lipinski definition) is 2. The van der Waals surface area contributed by atoms with Crippen LogP contribution in [-0.2, 0) is 6.61 Å². The highest BCUT2D eigenvalue weighted by molar-refractivity contribution is 5.27. The van der Waals surface area contributed by atoms with Crippen molar-refractivity contribution in [3.8, 4) is 0 Å². The molecule has 60 valence electrons. The van der Waals surface area contributed by atoms with E-state index in [0.29, 0.717) is 5.95 Å². The average molecular weight is 153 g/mol. The Hall–Kier alpha value is -1.16. The molecule has 4 nitrogen and oxygen atoms in total. The summed E-state index contributed by atoms with van der Waals surface area (Å²) in [5.41, 5.74) is 1.58. The lowest BCUT2D eigenvalue weighted by Crippen LogP contribution is -2.00. The highest BCUT2D eigenvalue weighted by atomic mass is 16.3. The first-order valence-corrected chi connectivity index (χ1v) is 3.39.